The highest BCUT2D eigenvalue weighted by Crippen LogP contribution is 2.30. The lowest BCUT2D eigenvalue weighted by Crippen LogP contribution is -2.16. The number of nitrogen functional groups attached to an aromatic ring is 1. The first-order chi connectivity index (χ1) is 7.34. The van der Waals surface area contributed by atoms with Gasteiger partial charge in [0.1, 0.15) is 0 Å². The van der Waals surface area contributed by atoms with E-state index in [9.17, 15) is 25.0 Å². The molecule has 0 aliphatic heterocycles. The summed E-state index contributed by atoms with van der Waals surface area (Å²) in [5, 5.41) is 21.1. The molecule has 9 nitrogen and oxygen atoms in total. The molecule has 0 saturated heterocycles. The first kappa shape index (κ1) is 11.4. The van der Waals surface area contributed by atoms with E-state index in [1.54, 1.807) is 0 Å². The third-order valence-electron chi connectivity index (χ3n) is 1.76. The number of hydrogen-bond donors (Lipinski definition) is 2. The van der Waals surface area contributed by atoms with Crippen LogP contribution in [0.3, 0.4) is 0 Å². The molecule has 4 N–H and O–H groups in total. The van der Waals surface area contributed by atoms with Gasteiger partial charge in [0.25, 0.3) is 17.3 Å². The highest BCUT2D eigenvalue weighted by Gasteiger charge is 2.30. The highest BCUT2D eigenvalue weighted by atomic mass is 16.6. The van der Waals surface area contributed by atoms with Crippen molar-refractivity contribution in [3.05, 3.63) is 37.9 Å². The lowest BCUT2D eigenvalue weighted by Gasteiger charge is -2.01. The van der Waals surface area contributed by atoms with Crippen LogP contribution in [0, 0.1) is 20.2 Å². The van der Waals surface area contributed by atoms with Gasteiger partial charge in [0.15, 0.2) is 5.56 Å². The number of hydrogen-bond acceptors (Lipinski definition) is 6. The van der Waals surface area contributed by atoms with Gasteiger partial charge in [-0.1, -0.05) is 0 Å². The molecule has 0 atom stereocenters. The standard InChI is InChI=1S/C7H6N4O5/c8-3-1-4(10(13)14)6(7(9)12)5(2-3)11(15)16/h1-2H,8H2,(H2,9,12). The molecule has 1 amide bonds. The fourth-order valence-electron chi connectivity index (χ4n) is 1.17. The Morgan fingerprint density at radius 2 is 1.50 bits per heavy atom. The number of primary amides is 1. The second-order valence-corrected chi connectivity index (χ2v) is 2.81. The third kappa shape index (κ3) is 1.87. The molecule has 1 rings (SSSR count). The van der Waals surface area contributed by atoms with Gasteiger partial charge in [-0.25, -0.2) is 0 Å². The number of nitrogens with two attached hydrogens (primary N) is 2. The second kappa shape index (κ2) is 3.81. The minimum Gasteiger partial charge on any atom is -0.398 e. The monoisotopic (exact) mass is 226 g/mol. The first-order valence-corrected chi connectivity index (χ1v) is 3.86. The summed E-state index contributed by atoms with van der Waals surface area (Å²) >= 11 is 0. The number of carbonyl (C=O) groups is 1. The van der Waals surface area contributed by atoms with Gasteiger partial charge >= 0.3 is 0 Å². The number of carbonyl (C=O) groups excluding carboxylic acids is 1. The van der Waals surface area contributed by atoms with Crippen LogP contribution in [0.15, 0.2) is 12.1 Å². The maximum atomic E-state index is 10.9. The number of nitro benzene ring substituents is 2. The molecule has 1 aromatic carbocycles. The van der Waals surface area contributed by atoms with Crippen LogP contribution in [0.1, 0.15) is 10.4 Å². The van der Waals surface area contributed by atoms with E-state index in [1.165, 1.54) is 0 Å². The fraction of sp³-hybridized carbons (Fsp3) is 0. The quantitative estimate of drug-likeness (QED) is 0.425. The zero-order valence-corrected chi connectivity index (χ0v) is 7.75. The van der Waals surface area contributed by atoms with E-state index in [1.807, 2.05) is 0 Å². The average Bonchev–Trinajstić information content (AvgIpc) is 2.15. The van der Waals surface area contributed by atoms with Crippen molar-refractivity contribution in [3.8, 4) is 0 Å². The molecule has 0 aliphatic carbocycles. The molecule has 0 aromatic heterocycles. The maximum Gasteiger partial charge on any atom is 0.291 e. The van der Waals surface area contributed by atoms with Gasteiger partial charge in [0.05, 0.1) is 9.85 Å². The number of benzene rings is 1. The van der Waals surface area contributed by atoms with Crippen LogP contribution in [-0.4, -0.2) is 15.8 Å². The van der Waals surface area contributed by atoms with Crippen LogP contribution in [0.5, 0.6) is 0 Å². The van der Waals surface area contributed by atoms with Crippen molar-refractivity contribution < 1.29 is 14.6 Å². The van der Waals surface area contributed by atoms with Gasteiger partial charge < -0.3 is 11.5 Å². The number of anilines is 1. The van der Waals surface area contributed by atoms with E-state index < -0.39 is 32.7 Å². The van der Waals surface area contributed by atoms with Crippen LogP contribution in [-0.2, 0) is 0 Å². The Hall–Kier alpha value is -2.71. The summed E-state index contributed by atoms with van der Waals surface area (Å²) < 4.78 is 0. The van der Waals surface area contributed by atoms with Gasteiger partial charge in [0.2, 0.25) is 0 Å². The number of nitrogens with zero attached hydrogens (tertiary/aromatic N) is 2. The van der Waals surface area contributed by atoms with Crippen LogP contribution in [0.25, 0.3) is 0 Å². The van der Waals surface area contributed by atoms with Crippen LogP contribution >= 0.6 is 0 Å². The predicted molar refractivity (Wildman–Crippen MR) is 52.7 cm³/mol. The van der Waals surface area contributed by atoms with Gasteiger partial charge in [-0.15, -0.1) is 0 Å². The summed E-state index contributed by atoms with van der Waals surface area (Å²) in [4.78, 5) is 30.2. The Balaban J connectivity index is 3.67. The van der Waals surface area contributed by atoms with Crippen LogP contribution in [0.2, 0.25) is 0 Å². The van der Waals surface area contributed by atoms with Crippen molar-refractivity contribution in [2.24, 2.45) is 5.73 Å². The van der Waals surface area contributed by atoms with Crippen LogP contribution < -0.4 is 11.5 Å². The summed E-state index contributed by atoms with van der Waals surface area (Å²) in [5.74, 6) is -1.25. The van der Waals surface area contributed by atoms with E-state index in [0.29, 0.717) is 0 Å². The number of nitro groups is 2. The van der Waals surface area contributed by atoms with E-state index in [4.69, 9.17) is 11.5 Å². The topological polar surface area (TPSA) is 155 Å². The molecule has 0 aliphatic rings. The minimum atomic E-state index is -1.25. The Morgan fingerprint density at radius 3 is 1.75 bits per heavy atom. The minimum absolute atomic E-state index is 0.191. The Morgan fingerprint density at radius 1 is 1.12 bits per heavy atom. The van der Waals surface area contributed by atoms with Crippen molar-refractivity contribution in [1.29, 1.82) is 0 Å². The first-order valence-electron chi connectivity index (χ1n) is 3.86. The summed E-state index contributed by atoms with van der Waals surface area (Å²) in [6.07, 6.45) is 0. The molecular weight excluding hydrogens is 220 g/mol. The van der Waals surface area contributed by atoms with Gasteiger partial charge in [0, 0.05) is 17.8 Å². The third-order valence-corrected chi connectivity index (χ3v) is 1.76. The normalized spacial score (nSPS) is 9.75. The molecule has 0 radical (unpaired) electrons. The molecule has 0 spiro atoms. The smallest absolute Gasteiger partial charge is 0.291 e. The lowest BCUT2D eigenvalue weighted by atomic mass is 10.1. The Kier molecular flexibility index (Phi) is 2.70. The van der Waals surface area contributed by atoms with E-state index >= 15 is 0 Å². The van der Waals surface area contributed by atoms with E-state index in [2.05, 4.69) is 0 Å². The van der Waals surface area contributed by atoms with Crippen molar-refractivity contribution in [2.75, 3.05) is 5.73 Å². The fourth-order valence-corrected chi connectivity index (χ4v) is 1.17. The zero-order valence-electron chi connectivity index (χ0n) is 7.75. The largest absolute Gasteiger partial charge is 0.398 e. The molecule has 0 bridgehead atoms. The van der Waals surface area contributed by atoms with E-state index in [0.717, 1.165) is 12.1 Å². The summed E-state index contributed by atoms with van der Waals surface area (Å²) in [6.45, 7) is 0. The van der Waals surface area contributed by atoms with Crippen molar-refractivity contribution >= 4 is 23.0 Å². The zero-order chi connectivity index (χ0) is 12.5. The lowest BCUT2D eigenvalue weighted by molar-refractivity contribution is -0.394. The van der Waals surface area contributed by atoms with Crippen LogP contribution in [0.4, 0.5) is 17.1 Å². The van der Waals surface area contributed by atoms with Gasteiger partial charge in [-0.05, 0) is 0 Å². The molecule has 1 aromatic rings. The van der Waals surface area contributed by atoms with Gasteiger partial charge in [-0.2, -0.15) is 0 Å². The SMILES string of the molecule is NC(=O)c1c([N+](=O)[O-])cc(N)cc1[N+](=O)[O-]. The Labute approximate surface area is 87.9 Å². The maximum absolute atomic E-state index is 10.9. The van der Waals surface area contributed by atoms with Crippen molar-refractivity contribution in [1.82, 2.24) is 0 Å². The molecule has 0 fully saturated rings. The average molecular weight is 226 g/mol. The molecule has 0 saturated carbocycles. The number of rotatable bonds is 3. The predicted octanol–water partition coefficient (Wildman–Crippen LogP) is 0.184. The second-order valence-electron chi connectivity index (χ2n) is 2.81. The number of amides is 1. The molecule has 0 heterocycles. The molecule has 9 heteroatoms. The van der Waals surface area contributed by atoms with Crippen molar-refractivity contribution in [2.45, 2.75) is 0 Å². The molecular formula is C7H6N4O5. The molecule has 16 heavy (non-hydrogen) atoms. The molecule has 0 unspecified atom stereocenters. The highest BCUT2D eigenvalue weighted by molar-refractivity contribution is 6.01. The summed E-state index contributed by atoms with van der Waals surface area (Å²) in [7, 11) is 0. The van der Waals surface area contributed by atoms with Gasteiger partial charge in [-0.3, -0.25) is 25.0 Å². The van der Waals surface area contributed by atoms with Crippen molar-refractivity contribution in [3.63, 3.8) is 0 Å². The Bertz CT molecular complexity index is 463. The van der Waals surface area contributed by atoms with E-state index in [-0.39, 0.29) is 5.69 Å². The molecule has 84 valence electrons. The summed E-state index contributed by atoms with van der Waals surface area (Å²) in [6, 6.07) is 1.68. The summed E-state index contributed by atoms with van der Waals surface area (Å²) in [5.41, 5.74) is 7.59.